The highest BCUT2D eigenvalue weighted by atomic mass is 16.1. The van der Waals surface area contributed by atoms with Crippen LogP contribution >= 0.6 is 0 Å². The highest BCUT2D eigenvalue weighted by Crippen LogP contribution is 2.19. The minimum Gasteiger partial charge on any atom is -0.305 e. The molecular weight excluding hydrogens is 260 g/mol. The number of Topliss-reactive ketones (excluding diaryl/α,β-unsaturated/α-hetero) is 1. The Morgan fingerprint density at radius 3 is 2.67 bits per heavy atom. The highest BCUT2D eigenvalue weighted by Gasteiger charge is 2.28. The Morgan fingerprint density at radius 1 is 1.33 bits per heavy atom. The van der Waals surface area contributed by atoms with Crippen LogP contribution in [0.2, 0.25) is 0 Å². The first kappa shape index (κ1) is 16.2. The molecule has 1 heterocycles. The van der Waals surface area contributed by atoms with Gasteiger partial charge in [0.1, 0.15) is 0 Å². The molecule has 1 fully saturated rings. The molecule has 1 aromatic rings. The Morgan fingerprint density at radius 2 is 2.05 bits per heavy atom. The second kappa shape index (κ2) is 6.71. The average Bonchev–Trinajstić information content (AvgIpc) is 2.47. The fourth-order valence-electron chi connectivity index (χ4n) is 3.11. The largest absolute Gasteiger partial charge is 0.305 e. The van der Waals surface area contributed by atoms with Crippen molar-refractivity contribution in [1.29, 1.82) is 0 Å². The first-order chi connectivity index (χ1) is 9.90. The van der Waals surface area contributed by atoms with Gasteiger partial charge in [0, 0.05) is 18.2 Å². The van der Waals surface area contributed by atoms with Gasteiger partial charge in [0.2, 0.25) is 0 Å². The van der Waals surface area contributed by atoms with E-state index in [1.807, 2.05) is 25.1 Å². The minimum atomic E-state index is -0.0661. The number of aryl methyl sites for hydroxylation is 2. The summed E-state index contributed by atoms with van der Waals surface area (Å²) in [5.41, 5.74) is 3.26. The summed E-state index contributed by atoms with van der Waals surface area (Å²) >= 11 is 0. The Labute approximate surface area is 128 Å². The summed E-state index contributed by atoms with van der Waals surface area (Å²) in [7, 11) is 4.25. The van der Waals surface area contributed by atoms with Gasteiger partial charge in [-0.2, -0.15) is 0 Å². The van der Waals surface area contributed by atoms with Crippen molar-refractivity contribution >= 4 is 5.78 Å². The third kappa shape index (κ3) is 3.72. The Kier molecular flexibility index (Phi) is 5.17. The zero-order chi connectivity index (χ0) is 15.6. The molecular formula is C18H28N2O. The van der Waals surface area contributed by atoms with Crippen LogP contribution in [-0.2, 0) is 0 Å². The van der Waals surface area contributed by atoms with Crippen LogP contribution in [0.3, 0.4) is 0 Å². The van der Waals surface area contributed by atoms with Crippen molar-refractivity contribution in [1.82, 2.24) is 9.80 Å². The van der Waals surface area contributed by atoms with Gasteiger partial charge in [-0.1, -0.05) is 12.1 Å². The molecule has 1 aliphatic rings. The van der Waals surface area contributed by atoms with E-state index in [-0.39, 0.29) is 11.8 Å². The number of carbonyl (C=O) groups is 1. The molecule has 3 nitrogen and oxygen atoms in total. The van der Waals surface area contributed by atoms with Crippen LogP contribution < -0.4 is 0 Å². The molecule has 0 radical (unpaired) electrons. The summed E-state index contributed by atoms with van der Waals surface area (Å²) < 4.78 is 0. The van der Waals surface area contributed by atoms with Crippen LogP contribution in [0.4, 0.5) is 0 Å². The van der Waals surface area contributed by atoms with Gasteiger partial charge in [0.15, 0.2) is 5.78 Å². The van der Waals surface area contributed by atoms with Gasteiger partial charge in [-0.15, -0.1) is 0 Å². The number of hydrogen-bond donors (Lipinski definition) is 0. The van der Waals surface area contributed by atoms with Crippen molar-refractivity contribution in [2.24, 2.45) is 0 Å². The molecule has 0 amide bonds. The fourth-order valence-corrected chi connectivity index (χ4v) is 3.11. The second-order valence-electron chi connectivity index (χ2n) is 6.56. The summed E-state index contributed by atoms with van der Waals surface area (Å²) in [5.74, 6) is 0.230. The Balaban J connectivity index is 2.08. The molecule has 0 aromatic heterocycles. The maximum atomic E-state index is 12.7. The number of piperidine rings is 1. The van der Waals surface area contributed by atoms with Crippen molar-refractivity contribution in [3.8, 4) is 0 Å². The molecule has 0 spiro atoms. The summed E-state index contributed by atoms with van der Waals surface area (Å²) in [5, 5.41) is 0. The van der Waals surface area contributed by atoms with E-state index in [0.29, 0.717) is 6.04 Å². The summed E-state index contributed by atoms with van der Waals surface area (Å²) in [6.45, 7) is 8.41. The second-order valence-corrected chi connectivity index (χ2v) is 6.56. The number of carbonyl (C=O) groups excluding carboxylic acids is 1. The van der Waals surface area contributed by atoms with E-state index in [0.717, 1.165) is 12.1 Å². The van der Waals surface area contributed by atoms with Gasteiger partial charge in [-0.05, 0) is 71.4 Å². The molecule has 0 saturated carbocycles. The van der Waals surface area contributed by atoms with Crippen molar-refractivity contribution < 1.29 is 4.79 Å². The van der Waals surface area contributed by atoms with E-state index in [1.165, 1.54) is 30.5 Å². The zero-order valence-electron chi connectivity index (χ0n) is 14.0. The smallest absolute Gasteiger partial charge is 0.179 e. The van der Waals surface area contributed by atoms with Crippen LogP contribution in [0.15, 0.2) is 18.2 Å². The van der Waals surface area contributed by atoms with E-state index in [9.17, 15) is 4.79 Å². The van der Waals surface area contributed by atoms with Crippen LogP contribution in [0, 0.1) is 13.8 Å². The molecule has 21 heavy (non-hydrogen) atoms. The quantitative estimate of drug-likeness (QED) is 0.796. The molecule has 3 heteroatoms. The lowest BCUT2D eigenvalue weighted by molar-refractivity contribution is 0.0709. The van der Waals surface area contributed by atoms with E-state index in [2.05, 4.69) is 37.7 Å². The van der Waals surface area contributed by atoms with E-state index in [4.69, 9.17) is 0 Å². The fraction of sp³-hybridized carbons (Fsp3) is 0.611. The van der Waals surface area contributed by atoms with Gasteiger partial charge < -0.3 is 4.90 Å². The van der Waals surface area contributed by atoms with E-state index < -0.39 is 0 Å². The molecule has 1 saturated heterocycles. The third-order valence-corrected chi connectivity index (χ3v) is 4.96. The van der Waals surface area contributed by atoms with Crippen molar-refractivity contribution in [3.05, 3.63) is 34.9 Å². The van der Waals surface area contributed by atoms with Gasteiger partial charge in [-0.25, -0.2) is 0 Å². The van der Waals surface area contributed by atoms with Crippen LogP contribution in [-0.4, -0.2) is 54.9 Å². The summed E-state index contributed by atoms with van der Waals surface area (Å²) in [6, 6.07) is 6.44. The molecule has 0 aliphatic carbocycles. The predicted molar refractivity (Wildman–Crippen MR) is 88.0 cm³/mol. The van der Waals surface area contributed by atoms with Gasteiger partial charge >= 0.3 is 0 Å². The average molecular weight is 288 g/mol. The molecule has 0 bridgehead atoms. The molecule has 2 unspecified atom stereocenters. The normalized spacial score (nSPS) is 21.5. The predicted octanol–water partition coefficient (Wildman–Crippen LogP) is 2.90. The number of benzene rings is 1. The number of ketones is 1. The van der Waals surface area contributed by atoms with E-state index in [1.54, 1.807) is 0 Å². The summed E-state index contributed by atoms with van der Waals surface area (Å²) in [4.78, 5) is 17.3. The highest BCUT2D eigenvalue weighted by molar-refractivity contribution is 6.00. The molecule has 1 aromatic carbocycles. The lowest BCUT2D eigenvalue weighted by atomic mass is 9.97. The minimum absolute atomic E-state index is 0.0661. The SMILES string of the molecule is Cc1ccc(C(=O)C(C)N(C)C2CCCN(C)C2)cc1C. The number of likely N-dealkylation sites (N-methyl/N-ethyl adjacent to an activating group) is 2. The lowest BCUT2D eigenvalue weighted by Crippen LogP contribution is -2.50. The molecule has 1 aliphatic heterocycles. The molecule has 2 atom stereocenters. The molecule has 0 N–H and O–H groups in total. The van der Waals surface area contributed by atoms with Crippen molar-refractivity contribution in [2.45, 2.75) is 45.7 Å². The topological polar surface area (TPSA) is 23.6 Å². The number of rotatable bonds is 4. The van der Waals surface area contributed by atoms with Crippen LogP contribution in [0.25, 0.3) is 0 Å². The van der Waals surface area contributed by atoms with Crippen molar-refractivity contribution in [3.63, 3.8) is 0 Å². The van der Waals surface area contributed by atoms with Crippen LogP contribution in [0.5, 0.6) is 0 Å². The van der Waals surface area contributed by atoms with Gasteiger partial charge in [-0.3, -0.25) is 9.69 Å². The lowest BCUT2D eigenvalue weighted by Gasteiger charge is -2.38. The first-order valence-electron chi connectivity index (χ1n) is 7.92. The maximum Gasteiger partial charge on any atom is 0.179 e. The standard InChI is InChI=1S/C18H28N2O/c1-13-8-9-16(11-14(13)2)18(21)15(3)20(5)17-7-6-10-19(4)12-17/h8-9,11,15,17H,6-7,10,12H2,1-5H3. The van der Waals surface area contributed by atoms with Crippen molar-refractivity contribution in [2.75, 3.05) is 27.2 Å². The molecule has 116 valence electrons. The number of hydrogen-bond acceptors (Lipinski definition) is 3. The number of likely N-dealkylation sites (tertiary alicyclic amines) is 1. The van der Waals surface area contributed by atoms with E-state index >= 15 is 0 Å². The molecule has 2 rings (SSSR count). The summed E-state index contributed by atoms with van der Waals surface area (Å²) in [6.07, 6.45) is 2.40. The monoisotopic (exact) mass is 288 g/mol. The Hall–Kier alpha value is -1.19. The third-order valence-electron chi connectivity index (χ3n) is 4.96. The zero-order valence-corrected chi connectivity index (χ0v) is 14.0. The maximum absolute atomic E-state index is 12.7. The van der Waals surface area contributed by atoms with Crippen LogP contribution in [0.1, 0.15) is 41.3 Å². The Bertz CT molecular complexity index is 512. The number of nitrogens with zero attached hydrogens (tertiary/aromatic N) is 2. The van der Waals surface area contributed by atoms with Gasteiger partial charge in [0.05, 0.1) is 6.04 Å². The first-order valence-corrected chi connectivity index (χ1v) is 7.92. The van der Waals surface area contributed by atoms with Gasteiger partial charge in [0.25, 0.3) is 0 Å².